The molecule has 1 aromatic carbocycles. The van der Waals surface area contributed by atoms with Crippen LogP contribution in [-0.4, -0.2) is 30.4 Å². The van der Waals surface area contributed by atoms with E-state index >= 15 is 0 Å². The molecule has 7 nitrogen and oxygen atoms in total. The van der Waals surface area contributed by atoms with E-state index in [0.29, 0.717) is 11.1 Å². The second-order valence-electron chi connectivity index (χ2n) is 3.92. The maximum atomic E-state index is 11.8. The predicted octanol–water partition coefficient (Wildman–Crippen LogP) is -0.504. The van der Waals surface area contributed by atoms with Gasteiger partial charge in [-0.2, -0.15) is 5.26 Å². The summed E-state index contributed by atoms with van der Waals surface area (Å²) in [5.74, 6) is -0.887. The van der Waals surface area contributed by atoms with E-state index in [1.54, 1.807) is 18.2 Å². The molecule has 0 aliphatic carbocycles. The molecule has 0 bridgehead atoms. The summed E-state index contributed by atoms with van der Waals surface area (Å²) in [7, 11) is 0. The number of nitrogens with zero attached hydrogens (tertiary/aromatic N) is 1. The summed E-state index contributed by atoms with van der Waals surface area (Å²) in [6, 6.07) is 6.78. The van der Waals surface area contributed by atoms with Crippen LogP contribution in [-0.2, 0) is 4.79 Å². The van der Waals surface area contributed by atoms with Crippen molar-refractivity contribution in [2.45, 2.75) is 6.04 Å². The Bertz CT molecular complexity index is 591. The number of carbonyl (C=O) groups excluding carboxylic acids is 3. The molecule has 96 valence electrons. The highest BCUT2D eigenvalue weighted by molar-refractivity contribution is 6.04. The molecule has 0 saturated carbocycles. The van der Waals surface area contributed by atoms with Crippen LogP contribution in [0.25, 0.3) is 0 Å². The molecule has 1 aliphatic rings. The van der Waals surface area contributed by atoms with Crippen molar-refractivity contribution in [1.29, 1.82) is 5.26 Å². The van der Waals surface area contributed by atoms with E-state index in [0.717, 1.165) is 0 Å². The number of hydrogen-bond donors (Lipinski definition) is 3. The van der Waals surface area contributed by atoms with Gasteiger partial charge in [-0.3, -0.25) is 14.9 Å². The summed E-state index contributed by atoms with van der Waals surface area (Å²) < 4.78 is 0. The quantitative estimate of drug-likeness (QED) is 0.634. The largest absolute Gasteiger partial charge is 0.349 e. The lowest BCUT2D eigenvalue weighted by Crippen LogP contribution is -2.41. The zero-order chi connectivity index (χ0) is 13.8. The van der Waals surface area contributed by atoms with Gasteiger partial charge in [0.05, 0.1) is 11.6 Å². The van der Waals surface area contributed by atoms with Crippen LogP contribution >= 0.6 is 0 Å². The zero-order valence-electron chi connectivity index (χ0n) is 9.77. The van der Waals surface area contributed by atoms with Crippen LogP contribution in [0, 0.1) is 11.3 Å². The smallest absolute Gasteiger partial charge is 0.322 e. The first-order chi connectivity index (χ1) is 9.10. The number of hydrogen-bond acceptors (Lipinski definition) is 4. The molecule has 1 unspecified atom stereocenters. The molecule has 0 spiro atoms. The van der Waals surface area contributed by atoms with Crippen molar-refractivity contribution in [1.82, 2.24) is 16.0 Å². The van der Waals surface area contributed by atoms with Gasteiger partial charge in [-0.05, 0) is 18.2 Å². The third kappa shape index (κ3) is 2.87. The maximum Gasteiger partial charge on any atom is 0.322 e. The number of benzene rings is 1. The van der Waals surface area contributed by atoms with Crippen LogP contribution in [0.3, 0.4) is 0 Å². The predicted molar refractivity (Wildman–Crippen MR) is 64.0 cm³/mol. The number of nitrogens with one attached hydrogen (secondary N) is 3. The monoisotopic (exact) mass is 258 g/mol. The third-order valence-electron chi connectivity index (χ3n) is 2.58. The standard InChI is InChI=1S/C12H10N4O3/c13-5-7-2-1-3-8(4-7)10(17)14-6-9-11(18)16-12(19)15-9/h1-4,9H,6H2,(H,14,17)(H2,15,16,18,19). The second kappa shape index (κ2) is 5.18. The lowest BCUT2D eigenvalue weighted by Gasteiger charge is -2.09. The van der Waals surface area contributed by atoms with Crippen LogP contribution in [0.15, 0.2) is 24.3 Å². The van der Waals surface area contributed by atoms with Gasteiger partial charge in [0.1, 0.15) is 6.04 Å². The van der Waals surface area contributed by atoms with Crippen LogP contribution in [0.5, 0.6) is 0 Å². The minimum Gasteiger partial charge on any atom is -0.349 e. The van der Waals surface area contributed by atoms with Crippen molar-refractivity contribution in [3.05, 3.63) is 35.4 Å². The molecule has 3 N–H and O–H groups in total. The number of amides is 4. The molecule has 1 aromatic rings. The Labute approximate surface area is 108 Å². The summed E-state index contributed by atoms with van der Waals surface area (Å²) >= 11 is 0. The average molecular weight is 258 g/mol. The first-order valence-corrected chi connectivity index (χ1v) is 5.50. The molecule has 1 saturated heterocycles. The van der Waals surface area contributed by atoms with Gasteiger partial charge in [0.15, 0.2) is 0 Å². The minimum absolute atomic E-state index is 0.00676. The van der Waals surface area contributed by atoms with Crippen molar-refractivity contribution in [2.75, 3.05) is 6.54 Å². The summed E-state index contributed by atoms with van der Waals surface area (Å²) in [5.41, 5.74) is 0.698. The maximum absolute atomic E-state index is 11.8. The Kier molecular flexibility index (Phi) is 3.43. The van der Waals surface area contributed by atoms with Gasteiger partial charge in [-0.1, -0.05) is 6.07 Å². The molecule has 4 amide bonds. The molecule has 1 atom stereocenters. The van der Waals surface area contributed by atoms with Crippen LogP contribution in [0.2, 0.25) is 0 Å². The fourth-order valence-corrected chi connectivity index (χ4v) is 1.63. The Morgan fingerprint density at radius 2 is 2.21 bits per heavy atom. The average Bonchev–Trinajstić information content (AvgIpc) is 2.74. The molecule has 1 aliphatic heterocycles. The molecule has 1 fully saturated rings. The Morgan fingerprint density at radius 3 is 2.84 bits per heavy atom. The third-order valence-corrected chi connectivity index (χ3v) is 2.58. The zero-order valence-corrected chi connectivity index (χ0v) is 9.77. The fourth-order valence-electron chi connectivity index (χ4n) is 1.63. The van der Waals surface area contributed by atoms with Gasteiger partial charge < -0.3 is 10.6 Å². The van der Waals surface area contributed by atoms with Gasteiger partial charge in [0.25, 0.3) is 11.8 Å². The highest BCUT2D eigenvalue weighted by Gasteiger charge is 2.29. The molecule has 0 aromatic heterocycles. The van der Waals surface area contributed by atoms with Gasteiger partial charge in [-0.15, -0.1) is 0 Å². The van der Waals surface area contributed by atoms with Crippen LogP contribution in [0.4, 0.5) is 4.79 Å². The number of rotatable bonds is 3. The van der Waals surface area contributed by atoms with Gasteiger partial charge in [0, 0.05) is 12.1 Å². The molecule has 0 radical (unpaired) electrons. The van der Waals surface area contributed by atoms with E-state index in [4.69, 9.17) is 5.26 Å². The van der Waals surface area contributed by atoms with E-state index in [1.165, 1.54) is 6.07 Å². The van der Waals surface area contributed by atoms with Gasteiger partial charge >= 0.3 is 6.03 Å². The SMILES string of the molecule is N#Cc1cccc(C(=O)NCC2NC(=O)NC2=O)c1. The second-order valence-corrected chi connectivity index (χ2v) is 3.92. The van der Waals surface area contributed by atoms with Crippen molar-refractivity contribution in [3.8, 4) is 6.07 Å². The normalized spacial score (nSPS) is 17.3. The molecule has 19 heavy (non-hydrogen) atoms. The number of imide groups is 1. The Morgan fingerprint density at radius 1 is 1.42 bits per heavy atom. The van der Waals surface area contributed by atoms with E-state index in [1.807, 2.05) is 6.07 Å². The van der Waals surface area contributed by atoms with Crippen molar-refractivity contribution in [2.24, 2.45) is 0 Å². The molecular formula is C12H10N4O3. The first-order valence-electron chi connectivity index (χ1n) is 5.50. The fraction of sp³-hybridized carbons (Fsp3) is 0.167. The summed E-state index contributed by atoms with van der Waals surface area (Å²) in [6.45, 7) is -0.00676. The van der Waals surface area contributed by atoms with E-state index < -0.39 is 23.9 Å². The lowest BCUT2D eigenvalue weighted by atomic mass is 10.1. The number of carbonyl (C=O) groups is 3. The summed E-state index contributed by atoms with van der Waals surface area (Å²) in [6.07, 6.45) is 0. The highest BCUT2D eigenvalue weighted by Crippen LogP contribution is 2.04. The van der Waals surface area contributed by atoms with Gasteiger partial charge in [-0.25, -0.2) is 4.79 Å². The number of urea groups is 1. The van der Waals surface area contributed by atoms with Crippen molar-refractivity contribution < 1.29 is 14.4 Å². The van der Waals surface area contributed by atoms with Crippen LogP contribution < -0.4 is 16.0 Å². The molecule has 2 rings (SSSR count). The minimum atomic E-state index is -0.768. The van der Waals surface area contributed by atoms with Crippen molar-refractivity contribution in [3.63, 3.8) is 0 Å². The lowest BCUT2D eigenvalue weighted by molar-refractivity contribution is -0.120. The molecular weight excluding hydrogens is 248 g/mol. The summed E-state index contributed by atoms with van der Waals surface area (Å²) in [5, 5.41) is 15.7. The highest BCUT2D eigenvalue weighted by atomic mass is 16.2. The van der Waals surface area contributed by atoms with E-state index in [9.17, 15) is 14.4 Å². The van der Waals surface area contributed by atoms with Gasteiger partial charge in [0.2, 0.25) is 0 Å². The van der Waals surface area contributed by atoms with Crippen LogP contribution in [0.1, 0.15) is 15.9 Å². The van der Waals surface area contributed by atoms with E-state index in [-0.39, 0.29) is 6.54 Å². The Hall–Kier alpha value is -2.88. The van der Waals surface area contributed by atoms with Crippen molar-refractivity contribution >= 4 is 17.8 Å². The topological polar surface area (TPSA) is 111 Å². The molecule has 7 heteroatoms. The first kappa shape index (κ1) is 12.6. The van der Waals surface area contributed by atoms with E-state index in [2.05, 4.69) is 16.0 Å². The number of nitriles is 1. The molecule has 1 heterocycles. The Balaban J connectivity index is 1.96. The summed E-state index contributed by atoms with van der Waals surface area (Å²) in [4.78, 5) is 33.9.